The fraction of sp³-hybridized carbons (Fsp3) is 0.533. The van der Waals surface area contributed by atoms with Crippen molar-refractivity contribution in [3.05, 3.63) is 35.4 Å². The highest BCUT2D eigenvalue weighted by Crippen LogP contribution is 2.07. The van der Waals surface area contributed by atoms with Crippen LogP contribution in [0.5, 0.6) is 0 Å². The summed E-state index contributed by atoms with van der Waals surface area (Å²) in [4.78, 5) is 13.9. The van der Waals surface area contributed by atoms with Gasteiger partial charge in [0.15, 0.2) is 0 Å². The summed E-state index contributed by atoms with van der Waals surface area (Å²) in [5.41, 5.74) is 7.91. The molecular weight excluding hydrogens is 238 g/mol. The van der Waals surface area contributed by atoms with E-state index in [1.165, 1.54) is 5.56 Å². The van der Waals surface area contributed by atoms with Gasteiger partial charge in [0.25, 0.3) is 0 Å². The highest BCUT2D eigenvalue weighted by atomic mass is 16.2. The van der Waals surface area contributed by atoms with Crippen molar-refractivity contribution in [2.75, 3.05) is 13.1 Å². The third-order valence-electron chi connectivity index (χ3n) is 2.93. The Balaban J connectivity index is 2.53. The normalized spacial score (nSPS) is 11.1. The van der Waals surface area contributed by atoms with Gasteiger partial charge in [-0.1, -0.05) is 31.2 Å². The Kier molecular flexibility index (Phi) is 6.53. The first-order valence-electron chi connectivity index (χ1n) is 6.84. The first kappa shape index (κ1) is 15.7. The van der Waals surface area contributed by atoms with Gasteiger partial charge in [0, 0.05) is 19.1 Å². The van der Waals surface area contributed by atoms with Crippen LogP contribution in [0, 0.1) is 0 Å². The largest absolute Gasteiger partial charge is 0.353 e. The van der Waals surface area contributed by atoms with Crippen molar-refractivity contribution in [3.8, 4) is 0 Å². The van der Waals surface area contributed by atoms with Crippen LogP contribution in [0.1, 0.15) is 31.9 Å². The molecule has 0 heterocycles. The quantitative estimate of drug-likeness (QED) is 0.783. The second-order valence-corrected chi connectivity index (χ2v) is 5.05. The summed E-state index contributed by atoms with van der Waals surface area (Å²) in [7, 11) is 0. The molecule has 0 fully saturated rings. The van der Waals surface area contributed by atoms with E-state index < -0.39 is 0 Å². The van der Waals surface area contributed by atoms with Crippen LogP contribution in [0.15, 0.2) is 24.3 Å². The minimum Gasteiger partial charge on any atom is -0.353 e. The van der Waals surface area contributed by atoms with Crippen LogP contribution in [-0.4, -0.2) is 29.9 Å². The SMILES string of the molecule is CCN(CC(=O)NC(C)C)Cc1ccc(CN)cc1. The number of rotatable bonds is 7. The monoisotopic (exact) mass is 263 g/mol. The third-order valence-corrected chi connectivity index (χ3v) is 2.93. The molecule has 0 saturated heterocycles. The van der Waals surface area contributed by atoms with Gasteiger partial charge in [-0.25, -0.2) is 0 Å². The zero-order chi connectivity index (χ0) is 14.3. The lowest BCUT2D eigenvalue weighted by Gasteiger charge is -2.20. The fourth-order valence-electron chi connectivity index (χ4n) is 1.89. The number of hydrogen-bond donors (Lipinski definition) is 2. The molecule has 0 atom stereocenters. The number of amides is 1. The summed E-state index contributed by atoms with van der Waals surface area (Å²) in [5, 5.41) is 2.91. The zero-order valence-corrected chi connectivity index (χ0v) is 12.1. The Bertz CT molecular complexity index is 387. The molecule has 3 N–H and O–H groups in total. The number of nitrogens with zero attached hydrogens (tertiary/aromatic N) is 1. The van der Waals surface area contributed by atoms with E-state index in [1.54, 1.807) is 0 Å². The topological polar surface area (TPSA) is 58.4 Å². The first-order valence-corrected chi connectivity index (χ1v) is 6.84. The summed E-state index contributed by atoms with van der Waals surface area (Å²) in [5.74, 6) is 0.0791. The number of carbonyl (C=O) groups is 1. The number of carbonyl (C=O) groups excluding carboxylic acids is 1. The smallest absolute Gasteiger partial charge is 0.234 e. The molecule has 1 rings (SSSR count). The molecule has 4 nitrogen and oxygen atoms in total. The van der Waals surface area contributed by atoms with Crippen molar-refractivity contribution in [1.82, 2.24) is 10.2 Å². The molecule has 4 heteroatoms. The summed E-state index contributed by atoms with van der Waals surface area (Å²) in [6, 6.07) is 8.42. The summed E-state index contributed by atoms with van der Waals surface area (Å²) >= 11 is 0. The van der Waals surface area contributed by atoms with E-state index in [0.717, 1.165) is 18.7 Å². The summed E-state index contributed by atoms with van der Waals surface area (Å²) < 4.78 is 0. The van der Waals surface area contributed by atoms with Crippen LogP contribution < -0.4 is 11.1 Å². The lowest BCUT2D eigenvalue weighted by Crippen LogP contribution is -2.39. The van der Waals surface area contributed by atoms with Gasteiger partial charge in [0.2, 0.25) is 5.91 Å². The molecule has 0 aromatic heterocycles. The van der Waals surface area contributed by atoms with Gasteiger partial charge in [-0.2, -0.15) is 0 Å². The first-order chi connectivity index (χ1) is 9.05. The Hall–Kier alpha value is -1.39. The number of likely N-dealkylation sites (N-methyl/N-ethyl adjacent to an activating group) is 1. The predicted octanol–water partition coefficient (Wildman–Crippen LogP) is 1.49. The van der Waals surface area contributed by atoms with Crippen molar-refractivity contribution in [2.24, 2.45) is 5.73 Å². The minimum absolute atomic E-state index is 0.0791. The lowest BCUT2D eigenvalue weighted by atomic mass is 10.1. The van der Waals surface area contributed by atoms with Crippen molar-refractivity contribution in [2.45, 2.75) is 39.9 Å². The van der Waals surface area contributed by atoms with E-state index in [9.17, 15) is 4.79 Å². The van der Waals surface area contributed by atoms with E-state index in [2.05, 4.69) is 29.3 Å². The molecule has 0 radical (unpaired) electrons. The molecule has 1 amide bonds. The molecule has 0 saturated carbocycles. The predicted molar refractivity (Wildman–Crippen MR) is 78.6 cm³/mol. The molecule has 1 aromatic carbocycles. The van der Waals surface area contributed by atoms with Crippen molar-refractivity contribution in [1.29, 1.82) is 0 Å². The third kappa shape index (κ3) is 5.85. The molecule has 106 valence electrons. The van der Waals surface area contributed by atoms with Gasteiger partial charge >= 0.3 is 0 Å². The van der Waals surface area contributed by atoms with Crippen LogP contribution in [0.4, 0.5) is 0 Å². The van der Waals surface area contributed by atoms with E-state index in [0.29, 0.717) is 13.1 Å². The summed E-state index contributed by atoms with van der Waals surface area (Å²) in [6.07, 6.45) is 0. The van der Waals surface area contributed by atoms with Crippen molar-refractivity contribution < 1.29 is 4.79 Å². The Labute approximate surface area is 116 Å². The van der Waals surface area contributed by atoms with Gasteiger partial charge in [-0.15, -0.1) is 0 Å². The van der Waals surface area contributed by atoms with E-state index in [-0.39, 0.29) is 11.9 Å². The van der Waals surface area contributed by atoms with E-state index in [4.69, 9.17) is 5.73 Å². The van der Waals surface area contributed by atoms with E-state index in [1.807, 2.05) is 26.0 Å². The molecular formula is C15H25N3O. The summed E-state index contributed by atoms with van der Waals surface area (Å²) in [6.45, 7) is 8.65. The lowest BCUT2D eigenvalue weighted by molar-refractivity contribution is -0.122. The van der Waals surface area contributed by atoms with Crippen LogP contribution in [-0.2, 0) is 17.9 Å². The standard InChI is InChI=1S/C15H25N3O/c1-4-18(11-15(19)17-12(2)3)10-14-7-5-13(9-16)6-8-14/h5-8,12H,4,9-11,16H2,1-3H3,(H,17,19). The van der Waals surface area contributed by atoms with Crippen LogP contribution in [0.2, 0.25) is 0 Å². The molecule has 0 unspecified atom stereocenters. The van der Waals surface area contributed by atoms with Gasteiger partial charge < -0.3 is 11.1 Å². The maximum Gasteiger partial charge on any atom is 0.234 e. The molecule has 1 aromatic rings. The van der Waals surface area contributed by atoms with Crippen molar-refractivity contribution >= 4 is 5.91 Å². The zero-order valence-electron chi connectivity index (χ0n) is 12.1. The highest BCUT2D eigenvalue weighted by Gasteiger charge is 2.10. The second kappa shape index (κ2) is 7.92. The van der Waals surface area contributed by atoms with Crippen LogP contribution in [0.3, 0.4) is 0 Å². The molecule has 0 aliphatic rings. The molecule has 0 aliphatic heterocycles. The average Bonchev–Trinajstić information content (AvgIpc) is 2.37. The number of nitrogens with one attached hydrogen (secondary N) is 1. The molecule has 0 spiro atoms. The van der Waals surface area contributed by atoms with Gasteiger partial charge in [0.05, 0.1) is 6.54 Å². The molecule has 19 heavy (non-hydrogen) atoms. The number of hydrogen-bond acceptors (Lipinski definition) is 3. The minimum atomic E-state index is 0.0791. The van der Waals surface area contributed by atoms with Gasteiger partial charge in [-0.05, 0) is 31.5 Å². The number of nitrogens with two attached hydrogens (primary N) is 1. The van der Waals surface area contributed by atoms with Crippen LogP contribution in [0.25, 0.3) is 0 Å². The average molecular weight is 263 g/mol. The molecule has 0 bridgehead atoms. The van der Waals surface area contributed by atoms with Crippen LogP contribution >= 0.6 is 0 Å². The highest BCUT2D eigenvalue weighted by molar-refractivity contribution is 5.78. The number of benzene rings is 1. The van der Waals surface area contributed by atoms with Gasteiger partial charge in [0.1, 0.15) is 0 Å². The fourth-order valence-corrected chi connectivity index (χ4v) is 1.89. The van der Waals surface area contributed by atoms with Gasteiger partial charge in [-0.3, -0.25) is 9.69 Å². The van der Waals surface area contributed by atoms with E-state index >= 15 is 0 Å². The Morgan fingerprint density at radius 2 is 1.84 bits per heavy atom. The molecule has 0 aliphatic carbocycles. The maximum absolute atomic E-state index is 11.7. The second-order valence-electron chi connectivity index (χ2n) is 5.05. The van der Waals surface area contributed by atoms with Crippen molar-refractivity contribution in [3.63, 3.8) is 0 Å². The Morgan fingerprint density at radius 3 is 2.32 bits per heavy atom. The maximum atomic E-state index is 11.7. The Morgan fingerprint density at radius 1 is 1.26 bits per heavy atom.